The molecule has 0 aromatic heterocycles. The van der Waals surface area contributed by atoms with Crippen LogP contribution in [0.5, 0.6) is 5.75 Å². The fourth-order valence-corrected chi connectivity index (χ4v) is 2.21. The van der Waals surface area contributed by atoms with E-state index < -0.39 is 6.04 Å². The van der Waals surface area contributed by atoms with Crippen molar-refractivity contribution in [3.63, 3.8) is 0 Å². The van der Waals surface area contributed by atoms with E-state index in [4.69, 9.17) is 10.5 Å². The van der Waals surface area contributed by atoms with Crippen LogP contribution in [0, 0.1) is 0 Å². The number of anilines is 1. The molecule has 0 unspecified atom stereocenters. The minimum Gasteiger partial charge on any atom is -0.508 e. The summed E-state index contributed by atoms with van der Waals surface area (Å²) < 4.78 is 4.84. The predicted molar refractivity (Wildman–Crippen MR) is 85.3 cm³/mol. The molecule has 0 aliphatic heterocycles. The Labute approximate surface area is 129 Å². The van der Waals surface area contributed by atoms with E-state index in [-0.39, 0.29) is 11.7 Å². The fourth-order valence-electron chi connectivity index (χ4n) is 2.21. The highest BCUT2D eigenvalue weighted by Crippen LogP contribution is 2.18. The van der Waals surface area contributed by atoms with Gasteiger partial charge in [-0.15, -0.1) is 0 Å². The van der Waals surface area contributed by atoms with E-state index in [1.165, 1.54) is 13.2 Å². The zero-order valence-corrected chi connectivity index (χ0v) is 12.5. The molecule has 0 bridgehead atoms. The third-order valence-corrected chi connectivity index (χ3v) is 3.43. The molecule has 5 heteroatoms. The average molecular weight is 300 g/mol. The molecule has 0 heterocycles. The summed E-state index contributed by atoms with van der Waals surface area (Å²) in [6.07, 6.45) is 0.520. The summed E-state index contributed by atoms with van der Waals surface area (Å²) in [4.78, 5) is 11.9. The lowest BCUT2D eigenvalue weighted by Gasteiger charge is -2.17. The first-order chi connectivity index (χ1) is 10.6. The van der Waals surface area contributed by atoms with Crippen molar-refractivity contribution >= 4 is 11.7 Å². The molecule has 2 aromatic carbocycles. The Kier molecular flexibility index (Phi) is 5.38. The summed E-state index contributed by atoms with van der Waals surface area (Å²) in [5.74, 6) is -0.189. The Bertz CT molecular complexity index is 629. The highest BCUT2D eigenvalue weighted by atomic mass is 16.5. The number of ether oxygens (including phenoxy) is 1. The zero-order valence-electron chi connectivity index (χ0n) is 12.5. The first-order valence-electron chi connectivity index (χ1n) is 7.02. The third kappa shape index (κ3) is 4.23. The molecule has 1 atom stereocenters. The van der Waals surface area contributed by atoms with E-state index in [9.17, 15) is 9.90 Å². The molecule has 4 N–H and O–H groups in total. The monoisotopic (exact) mass is 300 g/mol. The van der Waals surface area contributed by atoms with Crippen LogP contribution in [0.1, 0.15) is 11.1 Å². The van der Waals surface area contributed by atoms with Gasteiger partial charge in [-0.2, -0.15) is 0 Å². The standard InChI is InChI=1S/C17H20N2O3/c1-22-17(21)16(9-12-5-3-2-4-6-12)19-11-13-10-14(20)7-8-15(13)18/h2-8,10,16,19-20H,9,11,18H2,1H3/t16-/m0/s1. The Morgan fingerprint density at radius 3 is 2.68 bits per heavy atom. The number of esters is 1. The van der Waals surface area contributed by atoms with Gasteiger partial charge in [-0.25, -0.2) is 0 Å². The Morgan fingerprint density at radius 1 is 1.27 bits per heavy atom. The second-order valence-corrected chi connectivity index (χ2v) is 5.03. The molecule has 0 spiro atoms. The number of phenols is 1. The summed E-state index contributed by atoms with van der Waals surface area (Å²) in [6, 6.07) is 14.0. The average Bonchev–Trinajstić information content (AvgIpc) is 2.54. The number of nitrogen functional groups attached to an aromatic ring is 1. The van der Waals surface area contributed by atoms with Gasteiger partial charge in [-0.05, 0) is 35.7 Å². The molecule has 0 radical (unpaired) electrons. The molecule has 0 aliphatic carbocycles. The molecule has 2 aromatic rings. The van der Waals surface area contributed by atoms with Gasteiger partial charge >= 0.3 is 5.97 Å². The maximum Gasteiger partial charge on any atom is 0.323 e. The van der Waals surface area contributed by atoms with E-state index in [1.807, 2.05) is 30.3 Å². The number of benzene rings is 2. The molecular weight excluding hydrogens is 280 g/mol. The van der Waals surface area contributed by atoms with E-state index >= 15 is 0 Å². The lowest BCUT2D eigenvalue weighted by molar-refractivity contribution is -0.143. The van der Waals surface area contributed by atoms with Crippen LogP contribution in [0.15, 0.2) is 48.5 Å². The van der Waals surface area contributed by atoms with Crippen LogP contribution in [-0.2, 0) is 22.5 Å². The Morgan fingerprint density at radius 2 is 2.00 bits per heavy atom. The van der Waals surface area contributed by atoms with Crippen molar-refractivity contribution in [3.8, 4) is 5.75 Å². The van der Waals surface area contributed by atoms with Crippen LogP contribution >= 0.6 is 0 Å². The summed E-state index contributed by atoms with van der Waals surface area (Å²) in [5.41, 5.74) is 8.21. The molecule has 0 saturated heterocycles. The van der Waals surface area contributed by atoms with Crippen molar-refractivity contribution in [3.05, 3.63) is 59.7 Å². The normalized spacial score (nSPS) is 11.9. The van der Waals surface area contributed by atoms with Crippen molar-refractivity contribution in [2.24, 2.45) is 0 Å². The van der Waals surface area contributed by atoms with Crippen LogP contribution in [0.2, 0.25) is 0 Å². The minimum absolute atomic E-state index is 0.142. The molecule has 0 saturated carbocycles. The first-order valence-corrected chi connectivity index (χ1v) is 7.02. The number of aromatic hydroxyl groups is 1. The summed E-state index contributed by atoms with van der Waals surface area (Å²) in [5, 5.41) is 12.7. The smallest absolute Gasteiger partial charge is 0.323 e. The maximum atomic E-state index is 11.9. The number of carbonyl (C=O) groups is 1. The topological polar surface area (TPSA) is 84.6 Å². The Balaban J connectivity index is 2.07. The van der Waals surface area contributed by atoms with Crippen molar-refractivity contribution in [1.82, 2.24) is 5.32 Å². The molecule has 116 valence electrons. The van der Waals surface area contributed by atoms with E-state index in [0.717, 1.165) is 11.1 Å². The molecular formula is C17H20N2O3. The molecule has 2 rings (SSSR count). The van der Waals surface area contributed by atoms with Gasteiger partial charge in [0.05, 0.1) is 7.11 Å². The Hall–Kier alpha value is -2.53. The van der Waals surface area contributed by atoms with Crippen molar-refractivity contribution in [2.75, 3.05) is 12.8 Å². The van der Waals surface area contributed by atoms with Gasteiger partial charge in [0.1, 0.15) is 11.8 Å². The van der Waals surface area contributed by atoms with Gasteiger partial charge in [-0.1, -0.05) is 30.3 Å². The van der Waals surface area contributed by atoms with Gasteiger partial charge in [0.25, 0.3) is 0 Å². The second-order valence-electron chi connectivity index (χ2n) is 5.03. The van der Waals surface area contributed by atoms with Crippen LogP contribution in [0.4, 0.5) is 5.69 Å². The zero-order chi connectivity index (χ0) is 15.9. The lowest BCUT2D eigenvalue weighted by atomic mass is 10.1. The number of nitrogens with one attached hydrogen (secondary N) is 1. The fraction of sp³-hybridized carbons (Fsp3) is 0.235. The number of nitrogens with two attached hydrogens (primary N) is 1. The highest BCUT2D eigenvalue weighted by Gasteiger charge is 2.19. The summed E-state index contributed by atoms with van der Waals surface area (Å²) in [7, 11) is 1.37. The van der Waals surface area contributed by atoms with Crippen molar-refractivity contribution in [1.29, 1.82) is 0 Å². The molecule has 5 nitrogen and oxygen atoms in total. The predicted octanol–water partition coefficient (Wildman–Crippen LogP) is 1.85. The van der Waals surface area contributed by atoms with Crippen LogP contribution < -0.4 is 11.1 Å². The first kappa shape index (κ1) is 15.9. The highest BCUT2D eigenvalue weighted by molar-refractivity contribution is 5.76. The van der Waals surface area contributed by atoms with Gasteiger partial charge in [-0.3, -0.25) is 10.1 Å². The number of methoxy groups -OCH3 is 1. The summed E-state index contributed by atoms with van der Waals surface area (Å²) >= 11 is 0. The number of hydrogen-bond acceptors (Lipinski definition) is 5. The van der Waals surface area contributed by atoms with Crippen molar-refractivity contribution in [2.45, 2.75) is 19.0 Å². The molecule has 0 aliphatic rings. The number of carbonyl (C=O) groups excluding carboxylic acids is 1. The van der Waals surface area contributed by atoms with Crippen molar-refractivity contribution < 1.29 is 14.6 Å². The minimum atomic E-state index is -0.478. The van der Waals surface area contributed by atoms with Gasteiger partial charge in [0, 0.05) is 12.2 Å². The number of phenolic OH excluding ortho intramolecular Hbond substituents is 1. The summed E-state index contributed by atoms with van der Waals surface area (Å²) in [6.45, 7) is 0.368. The van der Waals surface area contributed by atoms with E-state index in [0.29, 0.717) is 18.7 Å². The van der Waals surface area contributed by atoms with Gasteiger partial charge in [0.2, 0.25) is 0 Å². The molecule has 22 heavy (non-hydrogen) atoms. The lowest BCUT2D eigenvalue weighted by Crippen LogP contribution is -2.39. The second kappa shape index (κ2) is 7.47. The SMILES string of the molecule is COC(=O)[C@H](Cc1ccccc1)NCc1cc(O)ccc1N. The van der Waals surface area contributed by atoms with E-state index in [1.54, 1.807) is 12.1 Å². The molecule has 0 fully saturated rings. The van der Waals surface area contributed by atoms with Gasteiger partial charge < -0.3 is 15.6 Å². The van der Waals surface area contributed by atoms with Crippen LogP contribution in [-0.4, -0.2) is 24.2 Å². The van der Waals surface area contributed by atoms with E-state index in [2.05, 4.69) is 5.32 Å². The number of hydrogen-bond donors (Lipinski definition) is 3. The van der Waals surface area contributed by atoms with Gasteiger partial charge in [0.15, 0.2) is 0 Å². The quantitative estimate of drug-likeness (QED) is 0.431. The maximum absolute atomic E-state index is 11.9. The molecule has 0 amide bonds. The van der Waals surface area contributed by atoms with Crippen LogP contribution in [0.25, 0.3) is 0 Å². The largest absolute Gasteiger partial charge is 0.508 e. The third-order valence-electron chi connectivity index (χ3n) is 3.43. The van der Waals surface area contributed by atoms with Crippen LogP contribution in [0.3, 0.4) is 0 Å². The number of rotatable bonds is 6.